The highest BCUT2D eigenvalue weighted by Gasteiger charge is 2.33. The predicted octanol–water partition coefficient (Wildman–Crippen LogP) is 3.19. The van der Waals surface area contributed by atoms with Gasteiger partial charge in [-0.05, 0) is 19.1 Å². The quantitative estimate of drug-likeness (QED) is 0.902. The van der Waals surface area contributed by atoms with Gasteiger partial charge in [0.2, 0.25) is 5.91 Å². The monoisotopic (exact) mass is 256 g/mol. The topological polar surface area (TPSA) is 52.9 Å². The lowest BCUT2D eigenvalue weighted by Crippen LogP contribution is -2.18. The number of para-hydroxylation sites is 1. The first-order chi connectivity index (χ1) is 8.34. The maximum Gasteiger partial charge on any atom is 0.418 e. The molecule has 3 nitrogen and oxygen atoms in total. The fourth-order valence-corrected chi connectivity index (χ4v) is 1.36. The van der Waals surface area contributed by atoms with Crippen LogP contribution in [0.3, 0.4) is 0 Å². The number of nitriles is 1. The fraction of sp³-hybridized carbons (Fsp3) is 0.333. The molecule has 0 saturated carbocycles. The van der Waals surface area contributed by atoms with Gasteiger partial charge >= 0.3 is 6.18 Å². The highest BCUT2D eigenvalue weighted by atomic mass is 19.4. The van der Waals surface area contributed by atoms with Crippen molar-refractivity contribution in [3.63, 3.8) is 0 Å². The van der Waals surface area contributed by atoms with Crippen molar-refractivity contribution in [3.8, 4) is 6.07 Å². The maximum atomic E-state index is 12.6. The Balaban J connectivity index is 2.86. The van der Waals surface area contributed by atoms with E-state index >= 15 is 0 Å². The SMILES string of the molecule is CC(C#N)CC(=O)Nc1ccccc1C(F)(F)F. The van der Waals surface area contributed by atoms with Gasteiger partial charge in [-0.15, -0.1) is 0 Å². The zero-order chi connectivity index (χ0) is 13.8. The summed E-state index contributed by atoms with van der Waals surface area (Å²) in [6.45, 7) is 1.52. The van der Waals surface area contributed by atoms with Gasteiger partial charge in [0.15, 0.2) is 0 Å². The van der Waals surface area contributed by atoms with Crippen LogP contribution in [0.5, 0.6) is 0 Å². The molecule has 6 heteroatoms. The predicted molar refractivity (Wildman–Crippen MR) is 59.5 cm³/mol. The van der Waals surface area contributed by atoms with Crippen molar-refractivity contribution in [2.75, 3.05) is 5.32 Å². The molecule has 0 saturated heterocycles. The smallest absolute Gasteiger partial charge is 0.325 e. The normalized spacial score (nSPS) is 12.6. The second kappa shape index (κ2) is 5.54. The van der Waals surface area contributed by atoms with Gasteiger partial charge < -0.3 is 5.32 Å². The number of carbonyl (C=O) groups excluding carboxylic acids is 1. The maximum absolute atomic E-state index is 12.6. The Morgan fingerprint density at radius 1 is 1.44 bits per heavy atom. The largest absolute Gasteiger partial charge is 0.418 e. The van der Waals surface area contributed by atoms with Crippen LogP contribution in [-0.4, -0.2) is 5.91 Å². The summed E-state index contributed by atoms with van der Waals surface area (Å²) >= 11 is 0. The highest BCUT2D eigenvalue weighted by molar-refractivity contribution is 5.91. The van der Waals surface area contributed by atoms with E-state index in [1.54, 1.807) is 0 Å². The molecule has 0 aliphatic rings. The van der Waals surface area contributed by atoms with Gasteiger partial charge in [-0.2, -0.15) is 18.4 Å². The molecule has 0 bridgehead atoms. The molecule has 0 aromatic heterocycles. The average molecular weight is 256 g/mol. The van der Waals surface area contributed by atoms with Crippen molar-refractivity contribution in [1.29, 1.82) is 5.26 Å². The second-order valence-electron chi connectivity index (χ2n) is 3.83. The van der Waals surface area contributed by atoms with E-state index in [2.05, 4.69) is 5.32 Å². The summed E-state index contributed by atoms with van der Waals surface area (Å²) in [5.74, 6) is -1.15. The number of rotatable bonds is 3. The van der Waals surface area contributed by atoms with E-state index in [4.69, 9.17) is 5.26 Å². The number of nitrogens with zero attached hydrogens (tertiary/aromatic N) is 1. The molecule has 0 spiro atoms. The summed E-state index contributed by atoms with van der Waals surface area (Å²) in [5, 5.41) is 10.7. The van der Waals surface area contributed by atoms with Gasteiger partial charge in [0.05, 0.1) is 23.2 Å². The third kappa shape index (κ3) is 3.77. The number of benzene rings is 1. The molecular formula is C12H11F3N2O. The van der Waals surface area contributed by atoms with Crippen molar-refractivity contribution in [3.05, 3.63) is 29.8 Å². The molecule has 18 heavy (non-hydrogen) atoms. The van der Waals surface area contributed by atoms with E-state index in [0.29, 0.717) is 0 Å². The first kappa shape index (κ1) is 14.0. The van der Waals surface area contributed by atoms with Crippen molar-refractivity contribution < 1.29 is 18.0 Å². The van der Waals surface area contributed by atoms with Gasteiger partial charge in [-0.1, -0.05) is 12.1 Å². The van der Waals surface area contributed by atoms with Crippen LogP contribution in [0, 0.1) is 17.2 Å². The number of anilines is 1. The van der Waals surface area contributed by atoms with Crippen LogP contribution >= 0.6 is 0 Å². The van der Waals surface area contributed by atoms with Crippen molar-refractivity contribution >= 4 is 11.6 Å². The number of carbonyl (C=O) groups is 1. The van der Waals surface area contributed by atoms with E-state index in [0.717, 1.165) is 6.07 Å². The molecule has 1 rings (SSSR count). The number of halogens is 3. The van der Waals surface area contributed by atoms with Gasteiger partial charge in [0.1, 0.15) is 0 Å². The van der Waals surface area contributed by atoms with Crippen LogP contribution in [0.1, 0.15) is 18.9 Å². The third-order valence-electron chi connectivity index (χ3n) is 2.22. The summed E-state index contributed by atoms with van der Waals surface area (Å²) in [5.41, 5.74) is -1.19. The summed E-state index contributed by atoms with van der Waals surface area (Å²) in [7, 11) is 0. The number of nitrogens with one attached hydrogen (secondary N) is 1. The number of alkyl halides is 3. The first-order valence-electron chi connectivity index (χ1n) is 5.20. The van der Waals surface area contributed by atoms with Crippen LogP contribution in [0.25, 0.3) is 0 Å². The van der Waals surface area contributed by atoms with Crippen LogP contribution < -0.4 is 5.32 Å². The van der Waals surface area contributed by atoms with Crippen molar-refractivity contribution in [2.24, 2.45) is 5.92 Å². The summed E-state index contributed by atoms with van der Waals surface area (Å²) < 4.78 is 37.9. The lowest BCUT2D eigenvalue weighted by Gasteiger charge is -2.13. The third-order valence-corrected chi connectivity index (χ3v) is 2.22. The fourth-order valence-electron chi connectivity index (χ4n) is 1.36. The Kier molecular flexibility index (Phi) is 4.32. The second-order valence-corrected chi connectivity index (χ2v) is 3.83. The van der Waals surface area contributed by atoms with E-state index in [9.17, 15) is 18.0 Å². The Labute approximate surface area is 102 Å². The van der Waals surface area contributed by atoms with Crippen molar-refractivity contribution in [2.45, 2.75) is 19.5 Å². The molecular weight excluding hydrogens is 245 g/mol. The van der Waals surface area contributed by atoms with Gasteiger partial charge in [0, 0.05) is 6.42 Å². The highest BCUT2D eigenvalue weighted by Crippen LogP contribution is 2.34. The molecule has 0 aliphatic carbocycles. The van der Waals surface area contributed by atoms with E-state index in [-0.39, 0.29) is 12.1 Å². The van der Waals surface area contributed by atoms with Crippen LogP contribution in [0.4, 0.5) is 18.9 Å². The minimum absolute atomic E-state index is 0.136. The zero-order valence-electron chi connectivity index (χ0n) is 9.58. The van der Waals surface area contributed by atoms with E-state index in [1.807, 2.05) is 6.07 Å². The molecule has 1 aromatic carbocycles. The Hall–Kier alpha value is -2.03. The molecule has 0 radical (unpaired) electrons. The van der Waals surface area contributed by atoms with Crippen LogP contribution in [0.2, 0.25) is 0 Å². The molecule has 96 valence electrons. The molecule has 1 N–H and O–H groups in total. The van der Waals surface area contributed by atoms with Crippen LogP contribution in [0.15, 0.2) is 24.3 Å². The van der Waals surface area contributed by atoms with Crippen molar-refractivity contribution in [1.82, 2.24) is 0 Å². The summed E-state index contributed by atoms with van der Waals surface area (Å²) in [6, 6.07) is 6.56. The van der Waals surface area contributed by atoms with E-state index < -0.39 is 23.6 Å². The Bertz CT molecular complexity index is 477. The molecule has 0 aliphatic heterocycles. The molecule has 1 amide bonds. The summed E-state index contributed by atoms with van der Waals surface area (Å²) in [4.78, 5) is 11.4. The van der Waals surface area contributed by atoms with Gasteiger partial charge in [-0.3, -0.25) is 4.79 Å². The van der Waals surface area contributed by atoms with Gasteiger partial charge in [-0.25, -0.2) is 0 Å². The first-order valence-corrected chi connectivity index (χ1v) is 5.20. The standard InChI is InChI=1S/C12H11F3N2O/c1-8(7-16)6-11(18)17-10-5-3-2-4-9(10)12(13,14)15/h2-5,8H,6H2,1H3,(H,17,18). The molecule has 0 heterocycles. The Morgan fingerprint density at radius 2 is 2.06 bits per heavy atom. The number of hydrogen-bond donors (Lipinski definition) is 1. The molecule has 1 unspecified atom stereocenters. The average Bonchev–Trinajstić information content (AvgIpc) is 2.27. The Morgan fingerprint density at radius 3 is 2.61 bits per heavy atom. The molecule has 1 atom stereocenters. The van der Waals surface area contributed by atoms with Gasteiger partial charge in [0.25, 0.3) is 0 Å². The number of amides is 1. The van der Waals surface area contributed by atoms with E-state index in [1.165, 1.54) is 25.1 Å². The lowest BCUT2D eigenvalue weighted by molar-refractivity contribution is -0.137. The molecule has 0 fully saturated rings. The van der Waals surface area contributed by atoms with Crippen LogP contribution in [-0.2, 0) is 11.0 Å². The zero-order valence-corrected chi connectivity index (χ0v) is 9.58. The minimum atomic E-state index is -4.52. The molecule has 1 aromatic rings. The summed E-state index contributed by atoms with van der Waals surface area (Å²) in [6.07, 6.45) is -4.66. The number of hydrogen-bond acceptors (Lipinski definition) is 2. The lowest BCUT2D eigenvalue weighted by atomic mass is 10.1. The minimum Gasteiger partial charge on any atom is -0.325 e.